The van der Waals surface area contributed by atoms with Crippen molar-refractivity contribution in [3.05, 3.63) is 218 Å². The molecule has 0 unspecified atom stereocenters. The number of hydrogen-bond acceptors (Lipinski definition) is 4. The minimum Gasteiger partial charge on any atom is -0.456 e. The van der Waals surface area contributed by atoms with Crippen molar-refractivity contribution in [2.24, 2.45) is 0 Å². The topological polar surface area (TPSA) is 34.5 Å². The maximum atomic E-state index is 7.04. The molecule has 304 valence electrons. The normalized spacial score (nSPS) is 12.0. The Morgan fingerprint density at radius 2 is 0.969 bits per heavy atom. The second kappa shape index (κ2) is 14.1. The monoisotopic (exact) mass is 848 g/mol. The van der Waals surface area contributed by atoms with E-state index in [-0.39, 0.29) is 0 Å². The molecule has 0 radical (unpaired) electrons. The van der Waals surface area contributed by atoms with E-state index < -0.39 is 0 Å². The molecule has 0 aliphatic heterocycles. The molecule has 0 spiro atoms. The van der Waals surface area contributed by atoms with E-state index in [0.717, 1.165) is 94.4 Å². The zero-order valence-corrected chi connectivity index (χ0v) is 35.7. The summed E-state index contributed by atoms with van der Waals surface area (Å²) in [5.74, 6) is 0. The van der Waals surface area contributed by atoms with Crippen LogP contribution < -0.4 is 4.90 Å². The Bertz CT molecular complexity index is 4150. The fraction of sp³-hybridized carbons (Fsp3) is 0. The minimum absolute atomic E-state index is 0.833. The molecule has 0 amide bonds. The summed E-state index contributed by atoms with van der Waals surface area (Å²) in [4.78, 5) is 2.36. The van der Waals surface area contributed by atoms with E-state index in [1.54, 1.807) is 0 Å². The number of aromatic nitrogens is 1. The average Bonchev–Trinajstić information content (AvgIpc) is 4.13. The van der Waals surface area contributed by atoms with Gasteiger partial charge in [-0.2, -0.15) is 0 Å². The predicted octanol–water partition coefficient (Wildman–Crippen LogP) is 17.8. The lowest BCUT2D eigenvalue weighted by atomic mass is 9.98. The first kappa shape index (κ1) is 36.1. The number of fused-ring (bicyclic) bond motifs is 12. The maximum absolute atomic E-state index is 7.04. The van der Waals surface area contributed by atoms with E-state index in [0.29, 0.717) is 0 Å². The Hall–Kier alpha value is -8.38. The molecule has 14 rings (SSSR count). The molecule has 65 heavy (non-hydrogen) atoms. The highest BCUT2D eigenvalue weighted by atomic mass is 32.1. The van der Waals surface area contributed by atoms with Gasteiger partial charge in [-0.3, -0.25) is 0 Å². The highest BCUT2D eigenvalue weighted by Crippen LogP contribution is 2.49. The molecule has 0 atom stereocenters. The van der Waals surface area contributed by atoms with Crippen molar-refractivity contribution in [1.29, 1.82) is 0 Å². The van der Waals surface area contributed by atoms with Crippen molar-refractivity contribution in [1.82, 2.24) is 4.57 Å². The zero-order chi connectivity index (χ0) is 42.6. The van der Waals surface area contributed by atoms with Gasteiger partial charge in [0.05, 0.1) is 27.8 Å². The van der Waals surface area contributed by atoms with Crippen LogP contribution >= 0.6 is 11.3 Å². The number of nitrogens with zero attached hydrogens (tertiary/aromatic N) is 2. The minimum atomic E-state index is 0.833. The molecule has 0 N–H and O–H groups in total. The molecule has 0 saturated carbocycles. The molecule has 0 fully saturated rings. The van der Waals surface area contributed by atoms with E-state index in [2.05, 4.69) is 216 Å². The number of para-hydroxylation sites is 5. The van der Waals surface area contributed by atoms with Crippen molar-refractivity contribution >= 4 is 114 Å². The molecule has 0 saturated heterocycles. The van der Waals surface area contributed by atoms with Gasteiger partial charge in [-0.05, 0) is 96.1 Å². The number of hydrogen-bond donors (Lipinski definition) is 0. The third-order valence-electron chi connectivity index (χ3n) is 13.2. The fourth-order valence-electron chi connectivity index (χ4n) is 10.3. The van der Waals surface area contributed by atoms with Crippen LogP contribution in [-0.2, 0) is 0 Å². The van der Waals surface area contributed by atoms with Gasteiger partial charge >= 0.3 is 0 Å². The van der Waals surface area contributed by atoms with Gasteiger partial charge in [-0.15, -0.1) is 11.3 Å². The summed E-state index contributed by atoms with van der Waals surface area (Å²) in [7, 11) is 0. The SMILES string of the molecule is c1ccc(-n2c3ccccc3c3ccccc32)c(-c2ccc(N(c3ccc(-c4ccc5sc6ccccc6c5c4)cc3)c3ccc4c(c3)oc3ccccc34)c3c2oc2ccccc23)c1. The molecule has 4 heterocycles. The third kappa shape index (κ3) is 5.49. The van der Waals surface area contributed by atoms with Crippen LogP contribution in [0.1, 0.15) is 0 Å². The summed E-state index contributed by atoms with van der Waals surface area (Å²) < 4.78 is 18.6. The number of rotatable bonds is 6. The van der Waals surface area contributed by atoms with Crippen LogP contribution in [0.5, 0.6) is 0 Å². The summed E-state index contributed by atoms with van der Waals surface area (Å²) in [6, 6.07) is 78.4. The van der Waals surface area contributed by atoms with Crippen molar-refractivity contribution in [3.8, 4) is 27.9 Å². The van der Waals surface area contributed by atoms with Gasteiger partial charge in [-0.1, -0.05) is 127 Å². The first-order valence-corrected chi connectivity index (χ1v) is 22.8. The second-order valence-electron chi connectivity index (χ2n) is 16.8. The largest absolute Gasteiger partial charge is 0.456 e. The van der Waals surface area contributed by atoms with Gasteiger partial charge in [0.15, 0.2) is 0 Å². The number of anilines is 3. The Balaban J connectivity index is 0.989. The zero-order valence-electron chi connectivity index (χ0n) is 34.9. The summed E-state index contributed by atoms with van der Waals surface area (Å²) in [5, 5.41) is 9.34. The first-order valence-electron chi connectivity index (χ1n) is 22.0. The average molecular weight is 849 g/mol. The van der Waals surface area contributed by atoms with Gasteiger partial charge in [0.25, 0.3) is 0 Å². The lowest BCUT2D eigenvalue weighted by Gasteiger charge is -2.27. The second-order valence-corrected chi connectivity index (χ2v) is 17.9. The number of thiophene rings is 1. The summed E-state index contributed by atoms with van der Waals surface area (Å²) in [6.45, 7) is 0. The molecular formula is C60H36N2O2S. The van der Waals surface area contributed by atoms with E-state index in [4.69, 9.17) is 8.83 Å². The molecular weight excluding hydrogens is 813 g/mol. The molecule has 10 aromatic carbocycles. The Labute approximate surface area is 377 Å². The van der Waals surface area contributed by atoms with Gasteiger partial charge < -0.3 is 18.3 Å². The van der Waals surface area contributed by atoms with Crippen molar-refractivity contribution in [3.63, 3.8) is 0 Å². The molecule has 14 aromatic rings. The molecule has 4 nitrogen and oxygen atoms in total. The van der Waals surface area contributed by atoms with Crippen molar-refractivity contribution in [2.45, 2.75) is 0 Å². The summed E-state index contributed by atoms with van der Waals surface area (Å²) in [5.41, 5.74) is 14.3. The van der Waals surface area contributed by atoms with Crippen LogP contribution in [0, 0.1) is 0 Å². The van der Waals surface area contributed by atoms with E-state index in [1.807, 2.05) is 23.5 Å². The van der Waals surface area contributed by atoms with Gasteiger partial charge in [0, 0.05) is 75.7 Å². The highest BCUT2D eigenvalue weighted by molar-refractivity contribution is 7.25. The lowest BCUT2D eigenvalue weighted by molar-refractivity contribution is 0.669. The predicted molar refractivity (Wildman–Crippen MR) is 274 cm³/mol. The highest BCUT2D eigenvalue weighted by Gasteiger charge is 2.25. The quantitative estimate of drug-likeness (QED) is 0.167. The first-order chi connectivity index (χ1) is 32.2. The van der Waals surface area contributed by atoms with E-state index >= 15 is 0 Å². The third-order valence-corrected chi connectivity index (χ3v) is 14.4. The number of benzene rings is 10. The molecule has 4 aromatic heterocycles. The molecule has 0 aliphatic carbocycles. The molecule has 0 bridgehead atoms. The Kier molecular flexibility index (Phi) is 7.82. The van der Waals surface area contributed by atoms with Gasteiger partial charge in [0.1, 0.15) is 22.3 Å². The van der Waals surface area contributed by atoms with Crippen LogP contribution in [0.15, 0.2) is 227 Å². The summed E-state index contributed by atoms with van der Waals surface area (Å²) >= 11 is 1.85. The smallest absolute Gasteiger partial charge is 0.145 e. The van der Waals surface area contributed by atoms with Gasteiger partial charge in [0.2, 0.25) is 0 Å². The standard InChI is InChI=1S/C60H36N2O2S/c1-7-19-50-41(13-1)42-14-2-8-20-51(42)62(50)52-21-9-3-15-43(52)47-32-33-53(59-48-18-5-11-23-55(48)64-60(47)59)61(40-30-31-45-44-16-4-10-22-54(44)63-56(45)36-40)39-28-25-37(26-29-39)38-27-34-58-49(35-38)46-17-6-12-24-57(46)65-58/h1-36H. The summed E-state index contributed by atoms with van der Waals surface area (Å²) in [6.07, 6.45) is 0. The van der Waals surface area contributed by atoms with Crippen LogP contribution in [0.4, 0.5) is 17.1 Å². The molecule has 5 heteroatoms. The number of furan rings is 2. The van der Waals surface area contributed by atoms with Gasteiger partial charge in [-0.25, -0.2) is 0 Å². The fourth-order valence-corrected chi connectivity index (χ4v) is 11.4. The Morgan fingerprint density at radius 1 is 0.369 bits per heavy atom. The van der Waals surface area contributed by atoms with E-state index in [1.165, 1.54) is 36.5 Å². The molecule has 0 aliphatic rings. The van der Waals surface area contributed by atoms with Crippen molar-refractivity contribution in [2.75, 3.05) is 4.90 Å². The van der Waals surface area contributed by atoms with Crippen LogP contribution in [0.25, 0.3) is 114 Å². The lowest BCUT2D eigenvalue weighted by Crippen LogP contribution is -2.10. The van der Waals surface area contributed by atoms with Crippen LogP contribution in [0.2, 0.25) is 0 Å². The van der Waals surface area contributed by atoms with Crippen molar-refractivity contribution < 1.29 is 8.83 Å². The maximum Gasteiger partial charge on any atom is 0.145 e. The van der Waals surface area contributed by atoms with Crippen LogP contribution in [0.3, 0.4) is 0 Å². The van der Waals surface area contributed by atoms with E-state index in [9.17, 15) is 0 Å². The Morgan fingerprint density at radius 3 is 1.77 bits per heavy atom. The van der Waals surface area contributed by atoms with Crippen LogP contribution in [-0.4, -0.2) is 4.57 Å².